The maximum absolute atomic E-state index is 11.6. The van der Waals surface area contributed by atoms with Gasteiger partial charge in [0.15, 0.2) is 5.78 Å². The molecule has 2 aliphatic rings. The fraction of sp³-hybridized carbons (Fsp3) is 0.500. The summed E-state index contributed by atoms with van der Waals surface area (Å²) in [6, 6.07) is 14.0. The summed E-state index contributed by atoms with van der Waals surface area (Å²) in [4.78, 5) is 42.6. The lowest BCUT2D eigenvalue weighted by molar-refractivity contribution is -0.0623. The Balaban J connectivity index is 0.000000212. The van der Waals surface area contributed by atoms with Crippen LogP contribution < -0.4 is 0 Å². The summed E-state index contributed by atoms with van der Waals surface area (Å²) >= 11 is 0. The van der Waals surface area contributed by atoms with Crippen LogP contribution in [-0.4, -0.2) is 52.4 Å². The molecule has 10 nitrogen and oxygen atoms in total. The molecule has 2 aromatic carbocycles. The molecule has 2 fully saturated rings. The second-order valence-corrected chi connectivity index (χ2v) is 8.93. The highest BCUT2D eigenvalue weighted by Gasteiger charge is 2.53. The molecule has 0 N–H and O–H groups in total. The second-order valence-electron chi connectivity index (χ2n) is 8.93. The van der Waals surface area contributed by atoms with E-state index in [2.05, 4.69) is 0 Å². The maximum Gasteiger partial charge on any atom is 0.367 e. The van der Waals surface area contributed by atoms with Crippen LogP contribution in [-0.2, 0) is 50.3 Å². The fourth-order valence-corrected chi connectivity index (χ4v) is 3.39. The first-order chi connectivity index (χ1) is 18.3. The normalized spacial score (nSPS) is 16.2. The number of rotatable bonds is 15. The number of carbonyl (C=O) groups excluding carboxylic acids is 2. The van der Waals surface area contributed by atoms with Gasteiger partial charge in [-0.25, -0.2) is 4.79 Å². The maximum atomic E-state index is 11.6. The van der Waals surface area contributed by atoms with Crippen molar-refractivity contribution in [1.29, 1.82) is 0 Å². The van der Waals surface area contributed by atoms with E-state index in [9.17, 15) is 9.59 Å². The number of carbonyl (C=O) groups is 2. The Labute approximate surface area is 222 Å². The average molecular weight is 533 g/mol. The Morgan fingerprint density at radius 1 is 0.684 bits per heavy atom. The lowest BCUT2D eigenvalue weighted by atomic mass is 10.1. The van der Waals surface area contributed by atoms with Crippen LogP contribution in [0.25, 0.3) is 0 Å². The molecule has 208 valence electrons. The van der Waals surface area contributed by atoms with Crippen LogP contribution in [0.4, 0.5) is 0 Å². The first kappa shape index (κ1) is 29.9. The molecule has 0 saturated carbocycles. The third-order valence-corrected chi connectivity index (χ3v) is 5.87. The van der Waals surface area contributed by atoms with Gasteiger partial charge in [0.1, 0.15) is 0 Å². The molecule has 2 aromatic rings. The van der Waals surface area contributed by atoms with E-state index in [4.69, 9.17) is 38.5 Å². The highest BCUT2D eigenvalue weighted by molar-refractivity contribution is 5.96. The molecule has 4 rings (SSSR count). The van der Waals surface area contributed by atoms with Crippen molar-refractivity contribution < 1.29 is 48.1 Å². The topological polar surface area (TPSA) is 121 Å². The first-order valence-electron chi connectivity index (χ1n) is 12.6. The zero-order valence-corrected chi connectivity index (χ0v) is 22.4. The minimum Gasteiger partial charge on any atom is -0.462 e. The number of Topliss-reactive ketones (excluding diaryl/α,β-unsaturated/α-hetero) is 1. The molecule has 0 aliphatic carbocycles. The number of hydrogen-bond donors (Lipinski definition) is 0. The predicted octanol–water partition coefficient (Wildman–Crippen LogP) is 4.81. The van der Waals surface area contributed by atoms with E-state index in [1.165, 1.54) is 6.92 Å². The van der Waals surface area contributed by atoms with Gasteiger partial charge < -0.3 is 18.9 Å². The van der Waals surface area contributed by atoms with Gasteiger partial charge in [-0.15, -0.1) is 0 Å². The monoisotopic (exact) mass is 532 g/mol. The molecule has 0 unspecified atom stereocenters. The van der Waals surface area contributed by atoms with E-state index >= 15 is 0 Å². The summed E-state index contributed by atoms with van der Waals surface area (Å²) in [5.41, 5.74) is 2.81. The Bertz CT molecular complexity index is 1010. The summed E-state index contributed by atoms with van der Waals surface area (Å²) < 4.78 is 20.6. The highest BCUT2D eigenvalue weighted by Crippen LogP contribution is 2.44. The van der Waals surface area contributed by atoms with Gasteiger partial charge in [-0.1, -0.05) is 36.4 Å². The van der Waals surface area contributed by atoms with Crippen molar-refractivity contribution >= 4 is 11.8 Å². The molecule has 38 heavy (non-hydrogen) atoms. The van der Waals surface area contributed by atoms with E-state index in [1.807, 2.05) is 31.2 Å². The number of ether oxygens (including phenoxy) is 4. The minimum atomic E-state index is -1.04. The van der Waals surface area contributed by atoms with Crippen molar-refractivity contribution in [2.75, 3.05) is 40.6 Å². The molecule has 2 heterocycles. The zero-order chi connectivity index (χ0) is 27.4. The van der Waals surface area contributed by atoms with Crippen LogP contribution in [0.15, 0.2) is 48.5 Å². The second kappa shape index (κ2) is 14.5. The van der Waals surface area contributed by atoms with Crippen molar-refractivity contribution in [3.8, 4) is 0 Å². The highest BCUT2D eigenvalue weighted by atomic mass is 17.4. The van der Waals surface area contributed by atoms with Gasteiger partial charge in [0.2, 0.25) is 0 Å². The lowest BCUT2D eigenvalue weighted by Gasteiger charge is -2.10. The molecule has 0 spiro atoms. The molecule has 0 bridgehead atoms. The molecular formula is C28H36O10. The largest absolute Gasteiger partial charge is 0.462 e. The number of unbranched alkanes of at least 4 members (excludes halogenated alkanes) is 2. The fourth-order valence-electron chi connectivity index (χ4n) is 3.39. The van der Waals surface area contributed by atoms with Gasteiger partial charge in [-0.05, 0) is 51.7 Å². The Hall–Kier alpha value is -2.70. The first-order valence-corrected chi connectivity index (χ1v) is 12.6. The van der Waals surface area contributed by atoms with Gasteiger partial charge >= 0.3 is 11.9 Å². The Kier molecular flexibility index (Phi) is 11.4. The Morgan fingerprint density at radius 2 is 1.18 bits per heavy atom. The van der Waals surface area contributed by atoms with Crippen LogP contribution in [0, 0.1) is 0 Å². The van der Waals surface area contributed by atoms with Crippen LogP contribution in [0.3, 0.4) is 0 Å². The standard InChI is InChI=1S/C14H18O6.C14H18O4/c1-13(17-18-13)11-5-7-12(8-6-11)14(19-20-14)16-10-4-3-9-15-2;1-11(15)12-5-7-13(8-6-12)14(16)18-10-4-3-9-17-2/h5-8H,3-4,9-10H2,1-2H3;5-8H,3-4,9-10H2,1-2H3. The summed E-state index contributed by atoms with van der Waals surface area (Å²) in [5.74, 6) is -2.03. The van der Waals surface area contributed by atoms with Crippen LogP contribution in [0.1, 0.15) is 71.4 Å². The van der Waals surface area contributed by atoms with Crippen molar-refractivity contribution in [3.63, 3.8) is 0 Å². The zero-order valence-electron chi connectivity index (χ0n) is 22.4. The molecule has 10 heteroatoms. The number of benzene rings is 2. The van der Waals surface area contributed by atoms with Crippen molar-refractivity contribution in [2.45, 2.75) is 51.3 Å². The van der Waals surface area contributed by atoms with E-state index in [0.29, 0.717) is 30.9 Å². The molecule has 0 aromatic heterocycles. The van der Waals surface area contributed by atoms with Crippen molar-refractivity contribution in [1.82, 2.24) is 0 Å². The van der Waals surface area contributed by atoms with Gasteiger partial charge in [0.05, 0.1) is 18.8 Å². The van der Waals surface area contributed by atoms with Crippen molar-refractivity contribution in [2.24, 2.45) is 0 Å². The van der Waals surface area contributed by atoms with Gasteiger partial charge in [-0.2, -0.15) is 19.6 Å². The summed E-state index contributed by atoms with van der Waals surface area (Å²) in [6.07, 6.45) is 3.48. The smallest absolute Gasteiger partial charge is 0.367 e. The predicted molar refractivity (Wildman–Crippen MR) is 135 cm³/mol. The molecule has 2 aliphatic heterocycles. The summed E-state index contributed by atoms with van der Waals surface area (Å²) in [7, 11) is 3.33. The number of ketones is 1. The molecule has 0 atom stereocenters. The lowest BCUT2D eigenvalue weighted by Crippen LogP contribution is -2.15. The third-order valence-electron chi connectivity index (χ3n) is 5.87. The molecule has 0 amide bonds. The molecule has 0 radical (unpaired) electrons. The van der Waals surface area contributed by atoms with Gasteiger partial charge in [0, 0.05) is 44.1 Å². The van der Waals surface area contributed by atoms with Gasteiger partial charge in [0.25, 0.3) is 5.79 Å². The van der Waals surface area contributed by atoms with Crippen LogP contribution >= 0.6 is 0 Å². The summed E-state index contributed by atoms with van der Waals surface area (Å²) in [6.45, 7) is 5.68. The quantitative estimate of drug-likeness (QED) is 0.104. The van der Waals surface area contributed by atoms with E-state index < -0.39 is 11.8 Å². The summed E-state index contributed by atoms with van der Waals surface area (Å²) in [5, 5.41) is 0. The van der Waals surface area contributed by atoms with E-state index in [1.54, 1.807) is 38.5 Å². The van der Waals surface area contributed by atoms with Crippen LogP contribution in [0.5, 0.6) is 0 Å². The number of esters is 1. The third kappa shape index (κ3) is 8.95. The van der Waals surface area contributed by atoms with Gasteiger partial charge in [-0.3, -0.25) is 4.79 Å². The molecule has 2 saturated heterocycles. The van der Waals surface area contributed by atoms with E-state index in [-0.39, 0.29) is 11.8 Å². The number of methoxy groups -OCH3 is 2. The SMILES string of the molecule is COCCCCOC(=O)c1ccc(C(C)=O)cc1.COCCCCOC1(c2ccc(C3(C)OO3)cc2)OO1. The molecular weight excluding hydrogens is 496 g/mol. The van der Waals surface area contributed by atoms with Crippen LogP contribution in [0.2, 0.25) is 0 Å². The number of hydrogen-bond acceptors (Lipinski definition) is 10. The minimum absolute atomic E-state index is 0.0190. The Morgan fingerprint density at radius 3 is 1.68 bits per heavy atom. The average Bonchev–Trinajstić information content (AvgIpc) is 3.87. The van der Waals surface area contributed by atoms with E-state index in [0.717, 1.165) is 43.4 Å². The van der Waals surface area contributed by atoms with Crippen molar-refractivity contribution in [3.05, 3.63) is 70.8 Å².